The van der Waals surface area contributed by atoms with Crippen molar-refractivity contribution in [1.29, 1.82) is 0 Å². The number of aliphatic hydroxyl groups is 1. The van der Waals surface area contributed by atoms with Gasteiger partial charge in [-0.2, -0.15) is 0 Å². The first-order valence-corrected chi connectivity index (χ1v) is 6.66. The zero-order valence-electron chi connectivity index (χ0n) is 10.8. The second-order valence-electron chi connectivity index (χ2n) is 5.31. The van der Waals surface area contributed by atoms with E-state index in [1.807, 2.05) is 0 Å². The molecule has 2 aliphatic heterocycles. The van der Waals surface area contributed by atoms with Crippen LogP contribution in [0.1, 0.15) is 24.8 Å². The van der Waals surface area contributed by atoms with E-state index >= 15 is 0 Å². The van der Waals surface area contributed by atoms with Crippen molar-refractivity contribution in [3.05, 3.63) is 18.1 Å². The Morgan fingerprint density at radius 1 is 1.33 bits per heavy atom. The number of rotatable bonds is 2. The Balaban J connectivity index is 1.84. The van der Waals surface area contributed by atoms with Crippen molar-refractivity contribution in [1.82, 2.24) is 14.9 Å². The predicted molar refractivity (Wildman–Crippen MR) is 69.4 cm³/mol. The Labute approximate surface area is 107 Å². The summed E-state index contributed by atoms with van der Waals surface area (Å²) < 4.78 is 0. The van der Waals surface area contributed by atoms with Gasteiger partial charge in [-0.1, -0.05) is 0 Å². The first kappa shape index (κ1) is 11.9. The fourth-order valence-electron chi connectivity index (χ4n) is 3.25. The van der Waals surface area contributed by atoms with E-state index in [9.17, 15) is 5.11 Å². The fraction of sp³-hybridized carbons (Fsp3) is 0.692. The third-order valence-electron chi connectivity index (χ3n) is 4.38. The molecule has 1 aromatic rings. The molecule has 2 aliphatic rings. The summed E-state index contributed by atoms with van der Waals surface area (Å²) in [5.74, 6) is 0.911. The van der Waals surface area contributed by atoms with E-state index in [2.05, 4.69) is 26.8 Å². The number of aromatic nitrogens is 2. The van der Waals surface area contributed by atoms with Crippen molar-refractivity contribution in [3.63, 3.8) is 0 Å². The van der Waals surface area contributed by atoms with E-state index in [0.717, 1.165) is 30.5 Å². The normalized spacial score (nSPS) is 28.4. The molecule has 1 aromatic heterocycles. The van der Waals surface area contributed by atoms with Crippen LogP contribution in [0.15, 0.2) is 12.5 Å². The highest BCUT2D eigenvalue weighted by Gasteiger charge is 2.35. The predicted octanol–water partition coefficient (Wildman–Crippen LogP) is 0.642. The van der Waals surface area contributed by atoms with Crippen molar-refractivity contribution in [2.45, 2.75) is 38.0 Å². The maximum Gasteiger partial charge on any atom is 0.137 e. The molecule has 0 aliphatic carbocycles. The Morgan fingerprint density at radius 3 is 3.00 bits per heavy atom. The molecule has 1 N–H and O–H groups in total. The molecule has 0 amide bonds. The van der Waals surface area contributed by atoms with Gasteiger partial charge in [0, 0.05) is 36.9 Å². The van der Waals surface area contributed by atoms with Gasteiger partial charge in [0.1, 0.15) is 12.1 Å². The molecule has 18 heavy (non-hydrogen) atoms. The molecule has 2 atom stereocenters. The molecule has 2 saturated heterocycles. The van der Waals surface area contributed by atoms with Gasteiger partial charge in [0.05, 0.1) is 6.61 Å². The first-order chi connectivity index (χ1) is 8.79. The lowest BCUT2D eigenvalue weighted by molar-refractivity contribution is 0.254. The lowest BCUT2D eigenvalue weighted by atomic mass is 10.1. The van der Waals surface area contributed by atoms with Crippen LogP contribution < -0.4 is 4.90 Å². The summed E-state index contributed by atoms with van der Waals surface area (Å²) in [7, 11) is 2.23. The highest BCUT2D eigenvalue weighted by molar-refractivity contribution is 5.45. The van der Waals surface area contributed by atoms with Gasteiger partial charge in [0.2, 0.25) is 0 Å². The van der Waals surface area contributed by atoms with Crippen molar-refractivity contribution < 1.29 is 5.11 Å². The zero-order chi connectivity index (χ0) is 12.5. The van der Waals surface area contributed by atoms with Crippen LogP contribution in [0.4, 0.5) is 5.82 Å². The second kappa shape index (κ2) is 4.82. The average molecular weight is 248 g/mol. The fourth-order valence-corrected chi connectivity index (χ4v) is 3.25. The second-order valence-corrected chi connectivity index (χ2v) is 5.31. The molecule has 0 saturated carbocycles. The van der Waals surface area contributed by atoms with Gasteiger partial charge in [0.25, 0.3) is 0 Å². The van der Waals surface area contributed by atoms with Crippen LogP contribution in [0.5, 0.6) is 0 Å². The number of hydrogen-bond acceptors (Lipinski definition) is 5. The number of hydrogen-bond donors (Lipinski definition) is 1. The van der Waals surface area contributed by atoms with Gasteiger partial charge in [0.15, 0.2) is 0 Å². The summed E-state index contributed by atoms with van der Waals surface area (Å²) in [5, 5.41) is 9.39. The number of fused-ring (bicyclic) bond motifs is 2. The number of nitrogens with zero attached hydrogens (tertiary/aromatic N) is 4. The third-order valence-corrected chi connectivity index (χ3v) is 4.38. The number of aliphatic hydroxyl groups excluding tert-OH is 1. The summed E-state index contributed by atoms with van der Waals surface area (Å²) in [5.41, 5.74) is 0.831. The minimum atomic E-state index is 0.0105. The van der Waals surface area contributed by atoms with Gasteiger partial charge in [-0.3, -0.25) is 4.90 Å². The molecule has 0 aromatic carbocycles. The summed E-state index contributed by atoms with van der Waals surface area (Å²) in [6.07, 6.45) is 7.07. The molecule has 3 heterocycles. The monoisotopic (exact) mass is 248 g/mol. The van der Waals surface area contributed by atoms with E-state index in [1.54, 1.807) is 12.5 Å². The van der Waals surface area contributed by atoms with Gasteiger partial charge in [-0.25, -0.2) is 9.97 Å². The van der Waals surface area contributed by atoms with Gasteiger partial charge >= 0.3 is 0 Å². The Kier molecular flexibility index (Phi) is 3.18. The van der Waals surface area contributed by atoms with E-state index < -0.39 is 0 Å². The maximum absolute atomic E-state index is 9.39. The molecular formula is C13H20N4O. The van der Waals surface area contributed by atoms with Gasteiger partial charge < -0.3 is 10.0 Å². The SMILES string of the molecule is CN1C2CCC1CN(c1ncncc1CO)CC2. The molecular weight excluding hydrogens is 228 g/mol. The minimum absolute atomic E-state index is 0.0105. The highest BCUT2D eigenvalue weighted by Crippen LogP contribution is 2.30. The summed E-state index contributed by atoms with van der Waals surface area (Å²) in [4.78, 5) is 13.2. The summed E-state index contributed by atoms with van der Waals surface area (Å²) in [6, 6.07) is 1.35. The quantitative estimate of drug-likeness (QED) is 0.832. The average Bonchev–Trinajstić information content (AvgIpc) is 2.63. The van der Waals surface area contributed by atoms with E-state index in [-0.39, 0.29) is 6.61 Å². The molecule has 98 valence electrons. The van der Waals surface area contributed by atoms with Crippen molar-refractivity contribution in [3.8, 4) is 0 Å². The molecule has 5 nitrogen and oxygen atoms in total. The highest BCUT2D eigenvalue weighted by atomic mass is 16.3. The molecule has 2 bridgehead atoms. The summed E-state index contributed by atoms with van der Waals surface area (Å²) >= 11 is 0. The molecule has 2 unspecified atom stereocenters. The molecule has 5 heteroatoms. The van der Waals surface area contributed by atoms with Crippen LogP contribution in [-0.2, 0) is 6.61 Å². The topological polar surface area (TPSA) is 52.5 Å². The Bertz CT molecular complexity index is 425. The van der Waals surface area contributed by atoms with Crippen LogP contribution in [0.2, 0.25) is 0 Å². The van der Waals surface area contributed by atoms with Gasteiger partial charge in [-0.05, 0) is 26.3 Å². The first-order valence-electron chi connectivity index (χ1n) is 6.66. The molecule has 2 fully saturated rings. The van der Waals surface area contributed by atoms with Crippen LogP contribution in [0, 0.1) is 0 Å². The van der Waals surface area contributed by atoms with Crippen molar-refractivity contribution in [2.24, 2.45) is 0 Å². The maximum atomic E-state index is 9.39. The smallest absolute Gasteiger partial charge is 0.137 e. The van der Waals surface area contributed by atoms with Crippen LogP contribution >= 0.6 is 0 Å². The standard InChI is InChI=1S/C13H20N4O/c1-16-11-2-3-12(16)7-17(5-4-11)13-10(8-18)6-14-9-15-13/h6,9,11-12,18H,2-5,7-8H2,1H3. The minimum Gasteiger partial charge on any atom is -0.391 e. The van der Waals surface area contributed by atoms with E-state index in [1.165, 1.54) is 19.3 Å². The Hall–Kier alpha value is -1.20. The van der Waals surface area contributed by atoms with E-state index in [4.69, 9.17) is 0 Å². The number of likely N-dealkylation sites (N-methyl/N-ethyl adjacent to an activating group) is 1. The largest absolute Gasteiger partial charge is 0.391 e. The zero-order valence-corrected chi connectivity index (χ0v) is 10.8. The van der Waals surface area contributed by atoms with Crippen LogP contribution in [0.25, 0.3) is 0 Å². The van der Waals surface area contributed by atoms with Crippen molar-refractivity contribution in [2.75, 3.05) is 25.0 Å². The summed E-state index contributed by atoms with van der Waals surface area (Å²) in [6.45, 7) is 2.04. The Morgan fingerprint density at radius 2 is 2.17 bits per heavy atom. The lowest BCUT2D eigenvalue weighted by Gasteiger charge is -2.27. The molecule has 0 spiro atoms. The lowest BCUT2D eigenvalue weighted by Crippen LogP contribution is -2.37. The van der Waals surface area contributed by atoms with Gasteiger partial charge in [-0.15, -0.1) is 0 Å². The molecule has 0 radical (unpaired) electrons. The van der Waals surface area contributed by atoms with Crippen LogP contribution in [-0.4, -0.2) is 52.2 Å². The van der Waals surface area contributed by atoms with E-state index in [0.29, 0.717) is 6.04 Å². The van der Waals surface area contributed by atoms with Crippen LogP contribution in [0.3, 0.4) is 0 Å². The van der Waals surface area contributed by atoms with Crippen molar-refractivity contribution >= 4 is 5.82 Å². The number of anilines is 1. The molecule has 3 rings (SSSR count). The third kappa shape index (κ3) is 1.97.